The number of hydrazine groups is 1. The van der Waals surface area contributed by atoms with Crippen LogP contribution in [0.3, 0.4) is 0 Å². The normalized spacial score (nSPS) is 14.1. The van der Waals surface area contributed by atoms with Crippen molar-refractivity contribution in [2.45, 2.75) is 53.9 Å². The summed E-state index contributed by atoms with van der Waals surface area (Å²) in [6.45, 7) is 13.3. The van der Waals surface area contributed by atoms with Gasteiger partial charge in [-0.05, 0) is 29.7 Å². The highest BCUT2D eigenvalue weighted by Gasteiger charge is 2.31. The van der Waals surface area contributed by atoms with Crippen molar-refractivity contribution in [3.05, 3.63) is 23.8 Å². The zero-order valence-electron chi connectivity index (χ0n) is 15.6. The highest BCUT2D eigenvalue weighted by molar-refractivity contribution is 5.83. The van der Waals surface area contributed by atoms with E-state index in [1.807, 2.05) is 13.0 Å². The highest BCUT2D eigenvalue weighted by atomic mass is 16.2. The van der Waals surface area contributed by atoms with Gasteiger partial charge in [-0.1, -0.05) is 41.5 Å². The van der Waals surface area contributed by atoms with Crippen molar-refractivity contribution in [2.24, 2.45) is 17.3 Å². The van der Waals surface area contributed by atoms with Crippen LogP contribution in [0.1, 0.15) is 65.4 Å². The average molecular weight is 331 g/mol. The van der Waals surface area contributed by atoms with E-state index in [-0.39, 0.29) is 23.1 Å². The average Bonchev–Trinajstić information content (AvgIpc) is 2.45. The molecule has 0 aliphatic heterocycles. The van der Waals surface area contributed by atoms with Crippen LogP contribution in [0.25, 0.3) is 0 Å². The van der Waals surface area contributed by atoms with E-state index in [0.29, 0.717) is 18.2 Å². The second-order valence-electron chi connectivity index (χ2n) is 7.90. The SMILES string of the molecule is CC(C)CNNC(=O)C(c1ccnc(C#N)n1)C(C)CC(C)(C)C. The summed E-state index contributed by atoms with van der Waals surface area (Å²) in [4.78, 5) is 20.9. The molecule has 0 radical (unpaired) electrons. The lowest BCUT2D eigenvalue weighted by molar-refractivity contribution is -0.125. The molecule has 24 heavy (non-hydrogen) atoms. The fourth-order valence-electron chi connectivity index (χ4n) is 2.79. The summed E-state index contributed by atoms with van der Waals surface area (Å²) < 4.78 is 0. The standard InChI is InChI=1S/C18H29N5O/c1-12(2)11-21-23-17(24)16(13(3)9-18(4,5)6)14-7-8-20-15(10-19)22-14/h7-8,12-13,16,21H,9,11H2,1-6H3,(H,23,24). The zero-order chi connectivity index (χ0) is 18.3. The molecule has 1 heterocycles. The lowest BCUT2D eigenvalue weighted by Crippen LogP contribution is -2.44. The topological polar surface area (TPSA) is 90.7 Å². The van der Waals surface area contributed by atoms with Crippen molar-refractivity contribution in [2.75, 3.05) is 6.54 Å². The second kappa shape index (κ2) is 8.74. The number of rotatable bonds is 7. The summed E-state index contributed by atoms with van der Waals surface area (Å²) in [5.74, 6) is 0.0321. The number of carbonyl (C=O) groups is 1. The molecule has 0 bridgehead atoms. The molecule has 1 rings (SSSR count). The van der Waals surface area contributed by atoms with Crippen molar-refractivity contribution in [1.29, 1.82) is 5.26 Å². The summed E-state index contributed by atoms with van der Waals surface area (Å²) in [5, 5.41) is 9.02. The predicted molar refractivity (Wildman–Crippen MR) is 93.7 cm³/mol. The van der Waals surface area contributed by atoms with Crippen molar-refractivity contribution in [3.8, 4) is 6.07 Å². The Morgan fingerprint density at radius 1 is 1.33 bits per heavy atom. The summed E-state index contributed by atoms with van der Waals surface area (Å²) in [5.41, 5.74) is 6.43. The van der Waals surface area contributed by atoms with E-state index in [0.717, 1.165) is 6.42 Å². The fourth-order valence-corrected chi connectivity index (χ4v) is 2.79. The number of amides is 1. The van der Waals surface area contributed by atoms with Crippen molar-refractivity contribution in [3.63, 3.8) is 0 Å². The third-order valence-electron chi connectivity index (χ3n) is 3.60. The number of hydrogen-bond acceptors (Lipinski definition) is 5. The number of hydrogen-bond donors (Lipinski definition) is 2. The van der Waals surface area contributed by atoms with Crippen molar-refractivity contribution in [1.82, 2.24) is 20.8 Å². The first-order chi connectivity index (χ1) is 11.1. The molecule has 0 spiro atoms. The van der Waals surface area contributed by atoms with E-state index in [2.05, 4.69) is 55.4 Å². The maximum Gasteiger partial charge on any atom is 0.243 e. The zero-order valence-corrected chi connectivity index (χ0v) is 15.6. The fraction of sp³-hybridized carbons (Fsp3) is 0.667. The molecular weight excluding hydrogens is 302 g/mol. The molecule has 1 aromatic rings. The van der Waals surface area contributed by atoms with Gasteiger partial charge < -0.3 is 0 Å². The molecule has 132 valence electrons. The molecule has 0 saturated heterocycles. The maximum atomic E-state index is 12.7. The Hall–Kier alpha value is -2.00. The van der Waals surface area contributed by atoms with Crippen LogP contribution in [0.2, 0.25) is 0 Å². The van der Waals surface area contributed by atoms with Gasteiger partial charge in [0.15, 0.2) is 0 Å². The molecule has 2 unspecified atom stereocenters. The lowest BCUT2D eigenvalue weighted by Gasteiger charge is -2.29. The molecular formula is C18H29N5O. The van der Waals surface area contributed by atoms with Gasteiger partial charge in [0.2, 0.25) is 11.7 Å². The predicted octanol–water partition coefficient (Wildman–Crippen LogP) is 2.78. The quantitative estimate of drug-likeness (QED) is 0.750. The third-order valence-corrected chi connectivity index (χ3v) is 3.60. The van der Waals surface area contributed by atoms with Crippen LogP contribution >= 0.6 is 0 Å². The van der Waals surface area contributed by atoms with Crippen molar-refractivity contribution < 1.29 is 4.79 Å². The number of nitrogens with zero attached hydrogens (tertiary/aromatic N) is 3. The molecule has 2 atom stereocenters. The molecule has 6 nitrogen and oxygen atoms in total. The van der Waals surface area contributed by atoms with Gasteiger partial charge in [-0.25, -0.2) is 15.4 Å². The largest absolute Gasteiger partial charge is 0.291 e. The Morgan fingerprint density at radius 2 is 2.00 bits per heavy atom. The Labute approximate surface area is 145 Å². The second-order valence-corrected chi connectivity index (χ2v) is 7.90. The number of carbonyl (C=O) groups excluding carboxylic acids is 1. The van der Waals surface area contributed by atoms with Crippen molar-refractivity contribution >= 4 is 5.91 Å². The Balaban J connectivity index is 3.02. The lowest BCUT2D eigenvalue weighted by atomic mass is 9.78. The van der Waals surface area contributed by atoms with Gasteiger partial charge in [0.05, 0.1) is 11.6 Å². The molecule has 1 aromatic heterocycles. The summed E-state index contributed by atoms with van der Waals surface area (Å²) >= 11 is 0. The Morgan fingerprint density at radius 3 is 2.54 bits per heavy atom. The van der Waals surface area contributed by atoms with E-state index in [4.69, 9.17) is 5.26 Å². The molecule has 0 saturated carbocycles. The van der Waals surface area contributed by atoms with Crippen LogP contribution in [-0.4, -0.2) is 22.4 Å². The minimum atomic E-state index is -0.431. The molecule has 0 aromatic carbocycles. The Kier molecular flexibility index (Phi) is 7.30. The minimum Gasteiger partial charge on any atom is -0.291 e. The van der Waals surface area contributed by atoms with E-state index in [9.17, 15) is 4.79 Å². The van der Waals surface area contributed by atoms with Gasteiger partial charge in [0.25, 0.3) is 0 Å². The molecule has 0 aliphatic rings. The van der Waals surface area contributed by atoms with Gasteiger partial charge >= 0.3 is 0 Å². The first kappa shape index (κ1) is 20.0. The summed E-state index contributed by atoms with van der Waals surface area (Å²) in [7, 11) is 0. The van der Waals surface area contributed by atoms with Gasteiger partial charge in [0.1, 0.15) is 6.07 Å². The summed E-state index contributed by atoms with van der Waals surface area (Å²) in [6, 6.07) is 3.65. The van der Waals surface area contributed by atoms with Crippen LogP contribution in [-0.2, 0) is 4.79 Å². The smallest absolute Gasteiger partial charge is 0.243 e. The van der Waals surface area contributed by atoms with Gasteiger partial charge in [-0.3, -0.25) is 10.2 Å². The molecule has 0 fully saturated rings. The van der Waals surface area contributed by atoms with Gasteiger partial charge in [-0.2, -0.15) is 5.26 Å². The van der Waals surface area contributed by atoms with Crippen LogP contribution in [0, 0.1) is 28.6 Å². The molecule has 1 amide bonds. The van der Waals surface area contributed by atoms with E-state index >= 15 is 0 Å². The maximum absolute atomic E-state index is 12.7. The molecule has 6 heteroatoms. The molecule has 0 aliphatic carbocycles. The van der Waals surface area contributed by atoms with Gasteiger partial charge in [0, 0.05) is 12.7 Å². The Bertz CT molecular complexity index is 586. The number of nitriles is 1. The van der Waals surface area contributed by atoms with E-state index < -0.39 is 5.92 Å². The van der Waals surface area contributed by atoms with Crippen LogP contribution in [0.15, 0.2) is 12.3 Å². The number of aromatic nitrogens is 2. The van der Waals surface area contributed by atoms with Crippen LogP contribution in [0.5, 0.6) is 0 Å². The first-order valence-corrected chi connectivity index (χ1v) is 8.40. The van der Waals surface area contributed by atoms with Gasteiger partial charge in [-0.15, -0.1) is 0 Å². The number of nitrogens with one attached hydrogen (secondary N) is 2. The van der Waals surface area contributed by atoms with E-state index in [1.54, 1.807) is 6.07 Å². The monoisotopic (exact) mass is 331 g/mol. The van der Waals surface area contributed by atoms with Crippen LogP contribution < -0.4 is 10.9 Å². The third kappa shape index (κ3) is 6.63. The summed E-state index contributed by atoms with van der Waals surface area (Å²) in [6.07, 6.45) is 2.40. The highest BCUT2D eigenvalue weighted by Crippen LogP contribution is 2.33. The van der Waals surface area contributed by atoms with E-state index in [1.165, 1.54) is 6.20 Å². The minimum absolute atomic E-state index is 0.0762. The van der Waals surface area contributed by atoms with Crippen LogP contribution in [0.4, 0.5) is 0 Å². The first-order valence-electron chi connectivity index (χ1n) is 8.40. The molecule has 2 N–H and O–H groups in total.